The molecule has 7 nitrogen and oxygen atoms in total. The van der Waals surface area contributed by atoms with Crippen molar-refractivity contribution in [3.63, 3.8) is 0 Å². The maximum absolute atomic E-state index is 13.1. The molecule has 2 heterocycles. The molecular formula is C29H25N3O4. The predicted octanol–water partition coefficient (Wildman–Crippen LogP) is 4.69. The van der Waals surface area contributed by atoms with Crippen molar-refractivity contribution in [1.82, 2.24) is 9.88 Å². The van der Waals surface area contributed by atoms with Crippen LogP contribution in [-0.2, 0) is 11.4 Å². The first-order valence-electron chi connectivity index (χ1n) is 11.6. The normalized spacial score (nSPS) is 12.7. The van der Waals surface area contributed by atoms with E-state index in [0.717, 1.165) is 32.6 Å². The number of amides is 3. The summed E-state index contributed by atoms with van der Waals surface area (Å²) in [7, 11) is 1.64. The van der Waals surface area contributed by atoms with Gasteiger partial charge in [-0.1, -0.05) is 42.5 Å². The molecule has 0 fully saturated rings. The molecule has 3 amide bonds. The van der Waals surface area contributed by atoms with Gasteiger partial charge in [0, 0.05) is 23.8 Å². The number of benzene rings is 3. The van der Waals surface area contributed by atoms with Crippen LogP contribution in [0.1, 0.15) is 37.5 Å². The average Bonchev–Trinajstić information content (AvgIpc) is 3.12. The van der Waals surface area contributed by atoms with Crippen LogP contribution < -0.4 is 9.64 Å². The Morgan fingerprint density at radius 3 is 2.31 bits per heavy atom. The Morgan fingerprint density at radius 1 is 0.889 bits per heavy atom. The van der Waals surface area contributed by atoms with E-state index in [9.17, 15) is 14.4 Å². The highest BCUT2D eigenvalue weighted by atomic mass is 16.5. The molecule has 1 aliphatic rings. The number of likely N-dealkylation sites (N-methyl/N-ethyl adjacent to an activating group) is 1. The summed E-state index contributed by atoms with van der Waals surface area (Å²) in [6, 6.07) is 22.1. The van der Waals surface area contributed by atoms with E-state index >= 15 is 0 Å². The molecule has 7 heteroatoms. The van der Waals surface area contributed by atoms with Gasteiger partial charge in [0.15, 0.2) is 0 Å². The maximum Gasteiger partial charge on any atom is 0.262 e. The molecule has 0 bridgehead atoms. The summed E-state index contributed by atoms with van der Waals surface area (Å²) < 4.78 is 6.14. The van der Waals surface area contributed by atoms with Crippen molar-refractivity contribution >= 4 is 34.3 Å². The summed E-state index contributed by atoms with van der Waals surface area (Å²) in [6.07, 6.45) is 0. The number of pyridine rings is 1. The lowest BCUT2D eigenvalue weighted by molar-refractivity contribution is -0.118. The van der Waals surface area contributed by atoms with Crippen LogP contribution in [0, 0.1) is 13.8 Å². The average molecular weight is 480 g/mol. The van der Waals surface area contributed by atoms with Gasteiger partial charge in [-0.05, 0) is 55.3 Å². The molecule has 1 aromatic heterocycles. The highest BCUT2D eigenvalue weighted by Crippen LogP contribution is 2.28. The fourth-order valence-corrected chi connectivity index (χ4v) is 4.44. The van der Waals surface area contributed by atoms with Gasteiger partial charge in [0.2, 0.25) is 5.91 Å². The maximum atomic E-state index is 13.1. The molecule has 3 aromatic carbocycles. The first kappa shape index (κ1) is 23.2. The smallest absolute Gasteiger partial charge is 0.262 e. The number of carbonyl (C=O) groups excluding carboxylic acids is 3. The molecule has 0 spiro atoms. The van der Waals surface area contributed by atoms with Gasteiger partial charge in [-0.15, -0.1) is 0 Å². The molecule has 0 radical (unpaired) electrons. The molecule has 180 valence electrons. The molecule has 0 saturated heterocycles. The largest absolute Gasteiger partial charge is 0.487 e. The van der Waals surface area contributed by atoms with Crippen molar-refractivity contribution < 1.29 is 19.1 Å². The van der Waals surface area contributed by atoms with Gasteiger partial charge in [-0.3, -0.25) is 19.3 Å². The minimum Gasteiger partial charge on any atom is -0.487 e. The van der Waals surface area contributed by atoms with E-state index in [-0.39, 0.29) is 12.5 Å². The lowest BCUT2D eigenvalue weighted by Gasteiger charge is -2.23. The van der Waals surface area contributed by atoms with Crippen LogP contribution in [0.3, 0.4) is 0 Å². The van der Waals surface area contributed by atoms with Gasteiger partial charge in [0.1, 0.15) is 24.4 Å². The molecule has 5 rings (SSSR count). The lowest BCUT2D eigenvalue weighted by atomic mass is 10.1. The second-order valence-corrected chi connectivity index (χ2v) is 8.83. The lowest BCUT2D eigenvalue weighted by Crippen LogP contribution is -2.41. The number of imide groups is 1. The number of aryl methyl sites for hydroxylation is 1. The van der Waals surface area contributed by atoms with E-state index < -0.39 is 11.8 Å². The van der Waals surface area contributed by atoms with E-state index in [1.807, 2.05) is 62.4 Å². The highest BCUT2D eigenvalue weighted by molar-refractivity contribution is 6.22. The molecular weight excluding hydrogens is 454 g/mol. The number of anilines is 1. The zero-order chi connectivity index (χ0) is 25.4. The number of carbonyl (C=O) groups is 3. The van der Waals surface area contributed by atoms with Crippen molar-refractivity contribution in [3.05, 3.63) is 101 Å². The van der Waals surface area contributed by atoms with Crippen LogP contribution in [0.2, 0.25) is 0 Å². The first-order chi connectivity index (χ1) is 17.3. The summed E-state index contributed by atoms with van der Waals surface area (Å²) in [4.78, 5) is 45.5. The Balaban J connectivity index is 1.33. The zero-order valence-electron chi connectivity index (χ0n) is 20.3. The minimum atomic E-state index is -0.449. The third-order valence-corrected chi connectivity index (χ3v) is 6.53. The third-order valence-electron chi connectivity index (χ3n) is 6.53. The van der Waals surface area contributed by atoms with E-state index in [2.05, 4.69) is 4.98 Å². The van der Waals surface area contributed by atoms with E-state index in [0.29, 0.717) is 29.2 Å². The Bertz CT molecular complexity index is 1490. The van der Waals surface area contributed by atoms with Gasteiger partial charge >= 0.3 is 0 Å². The quantitative estimate of drug-likeness (QED) is 0.375. The molecule has 0 aliphatic carbocycles. The Morgan fingerprint density at radius 2 is 1.58 bits per heavy atom. The molecule has 1 aliphatic heterocycles. The molecule has 0 saturated carbocycles. The number of para-hydroxylation sites is 1. The SMILES string of the molecule is Cc1ccc2cccc(OCc3cccc(N(C)C(=O)CN4C(=O)c5ccccc5C4=O)c3C)c2n1. The Hall–Kier alpha value is -4.52. The molecule has 0 atom stereocenters. The molecule has 0 N–H and O–H groups in total. The van der Waals surface area contributed by atoms with Crippen LogP contribution in [0.4, 0.5) is 5.69 Å². The van der Waals surface area contributed by atoms with Crippen LogP contribution in [0.5, 0.6) is 5.75 Å². The topological polar surface area (TPSA) is 79.8 Å². The third kappa shape index (κ3) is 4.09. The fraction of sp³-hybridized carbons (Fsp3) is 0.172. The van der Waals surface area contributed by atoms with Crippen molar-refractivity contribution in [1.29, 1.82) is 0 Å². The van der Waals surface area contributed by atoms with Crippen molar-refractivity contribution in [2.24, 2.45) is 0 Å². The van der Waals surface area contributed by atoms with Gasteiger partial charge in [-0.2, -0.15) is 0 Å². The van der Waals surface area contributed by atoms with Crippen LogP contribution in [-0.4, -0.2) is 41.2 Å². The summed E-state index contributed by atoms with van der Waals surface area (Å²) in [6.45, 7) is 3.84. The van der Waals surface area contributed by atoms with Crippen molar-refractivity contribution in [2.75, 3.05) is 18.5 Å². The number of hydrogen-bond acceptors (Lipinski definition) is 5. The number of hydrogen-bond donors (Lipinski definition) is 0. The Kier molecular flexibility index (Phi) is 5.98. The first-order valence-corrected chi connectivity index (χ1v) is 11.6. The van der Waals surface area contributed by atoms with Crippen molar-refractivity contribution in [2.45, 2.75) is 20.5 Å². The van der Waals surface area contributed by atoms with Gasteiger partial charge < -0.3 is 9.64 Å². The van der Waals surface area contributed by atoms with Gasteiger partial charge in [0.25, 0.3) is 11.8 Å². The van der Waals surface area contributed by atoms with Crippen molar-refractivity contribution in [3.8, 4) is 5.75 Å². The second kappa shape index (κ2) is 9.26. The molecule has 36 heavy (non-hydrogen) atoms. The number of fused-ring (bicyclic) bond motifs is 2. The summed E-state index contributed by atoms with van der Waals surface area (Å²) in [5.41, 5.74) is 4.84. The minimum absolute atomic E-state index is 0.300. The van der Waals surface area contributed by atoms with Gasteiger partial charge in [-0.25, -0.2) is 4.98 Å². The summed E-state index contributed by atoms with van der Waals surface area (Å²) >= 11 is 0. The number of aromatic nitrogens is 1. The van der Waals surface area contributed by atoms with E-state index in [1.54, 1.807) is 31.3 Å². The fourth-order valence-electron chi connectivity index (χ4n) is 4.44. The number of ether oxygens (including phenoxy) is 1. The summed E-state index contributed by atoms with van der Waals surface area (Å²) in [5.74, 6) is -0.569. The second-order valence-electron chi connectivity index (χ2n) is 8.83. The number of rotatable bonds is 6. The standard InChI is InChI=1S/C29H25N3O4/c1-18-14-15-20-8-7-13-25(27(20)30-18)36-17-21-9-6-12-24(19(21)2)31(3)26(33)16-32-28(34)22-10-4-5-11-23(22)29(32)35/h4-15H,16-17H2,1-3H3. The predicted molar refractivity (Wildman–Crippen MR) is 137 cm³/mol. The van der Waals surface area contributed by atoms with Crippen LogP contribution in [0.15, 0.2) is 72.8 Å². The van der Waals surface area contributed by atoms with E-state index in [1.165, 1.54) is 4.90 Å². The Labute approximate surface area is 208 Å². The monoisotopic (exact) mass is 479 g/mol. The number of nitrogens with zero attached hydrogens (tertiary/aromatic N) is 3. The molecule has 4 aromatic rings. The zero-order valence-corrected chi connectivity index (χ0v) is 20.3. The van der Waals surface area contributed by atoms with Gasteiger partial charge in [0.05, 0.1) is 11.1 Å². The summed E-state index contributed by atoms with van der Waals surface area (Å²) in [5, 5.41) is 1.00. The molecule has 0 unspecified atom stereocenters. The van der Waals surface area contributed by atoms with E-state index in [4.69, 9.17) is 4.74 Å². The highest BCUT2D eigenvalue weighted by Gasteiger charge is 2.37. The van der Waals surface area contributed by atoms with Crippen LogP contribution >= 0.6 is 0 Å². The van der Waals surface area contributed by atoms with Crippen LogP contribution in [0.25, 0.3) is 10.9 Å².